The van der Waals surface area contributed by atoms with Gasteiger partial charge in [-0.05, 0) is 25.5 Å². The first-order chi connectivity index (χ1) is 9.69. The van der Waals surface area contributed by atoms with E-state index in [1.54, 1.807) is 0 Å². The second-order valence-corrected chi connectivity index (χ2v) is 6.65. The van der Waals surface area contributed by atoms with Gasteiger partial charge < -0.3 is 10.7 Å². The molecule has 0 aromatic carbocycles. The predicted octanol–water partition coefficient (Wildman–Crippen LogP) is 2.72. The maximum Gasteiger partial charge on any atom is 0.148 e. The minimum Gasteiger partial charge on any atom is -0.366 e. The van der Waals surface area contributed by atoms with E-state index in [0.29, 0.717) is 11.3 Å². The molecule has 112 valence electrons. The highest BCUT2D eigenvalue weighted by atomic mass is 32.2. The van der Waals surface area contributed by atoms with E-state index in [1.807, 2.05) is 18.7 Å². The molecule has 20 heavy (non-hydrogen) atoms. The second-order valence-electron chi connectivity index (χ2n) is 5.14. The van der Waals surface area contributed by atoms with Crippen molar-refractivity contribution in [2.75, 3.05) is 16.5 Å². The molecule has 1 aliphatic rings. The number of anilines is 2. The van der Waals surface area contributed by atoms with Crippen molar-refractivity contribution in [3.05, 3.63) is 11.4 Å². The SMILES string of the molecule is CCSC1CCCC1Nc1nc(CC)nc(NN)c1C. The summed E-state index contributed by atoms with van der Waals surface area (Å²) in [6, 6.07) is 0.504. The average molecular weight is 295 g/mol. The molecule has 0 radical (unpaired) electrons. The van der Waals surface area contributed by atoms with Crippen LogP contribution in [0.15, 0.2) is 0 Å². The lowest BCUT2D eigenvalue weighted by molar-refractivity contribution is 0.756. The fourth-order valence-corrected chi connectivity index (χ4v) is 3.88. The molecule has 1 fully saturated rings. The normalized spacial score (nSPS) is 22.0. The van der Waals surface area contributed by atoms with Crippen LogP contribution in [0.25, 0.3) is 0 Å². The van der Waals surface area contributed by atoms with Gasteiger partial charge in [-0.1, -0.05) is 20.3 Å². The maximum atomic E-state index is 5.55. The molecule has 1 aliphatic carbocycles. The Bertz CT molecular complexity index is 451. The number of nitrogens with zero attached hydrogens (tertiary/aromatic N) is 2. The topological polar surface area (TPSA) is 75.9 Å². The van der Waals surface area contributed by atoms with E-state index >= 15 is 0 Å². The summed E-state index contributed by atoms with van der Waals surface area (Å²) in [5, 5.41) is 4.31. The number of hydrazine groups is 1. The van der Waals surface area contributed by atoms with Crippen LogP contribution in [0.1, 0.15) is 44.5 Å². The summed E-state index contributed by atoms with van der Waals surface area (Å²) in [4.78, 5) is 9.04. The Hall–Kier alpha value is -1.01. The van der Waals surface area contributed by atoms with Crippen molar-refractivity contribution in [1.82, 2.24) is 9.97 Å². The Kier molecular flexibility index (Phi) is 5.48. The zero-order chi connectivity index (χ0) is 14.5. The second kappa shape index (κ2) is 7.13. The highest BCUT2D eigenvalue weighted by Crippen LogP contribution is 2.33. The highest BCUT2D eigenvalue weighted by Gasteiger charge is 2.28. The van der Waals surface area contributed by atoms with Crippen molar-refractivity contribution >= 4 is 23.4 Å². The summed E-state index contributed by atoms with van der Waals surface area (Å²) >= 11 is 2.05. The number of thioether (sulfide) groups is 1. The number of nitrogens with two attached hydrogens (primary N) is 1. The molecule has 2 atom stereocenters. The van der Waals surface area contributed by atoms with Crippen molar-refractivity contribution in [1.29, 1.82) is 0 Å². The Balaban J connectivity index is 2.19. The molecule has 1 aromatic rings. The van der Waals surface area contributed by atoms with Crippen LogP contribution < -0.4 is 16.6 Å². The number of hydrogen-bond acceptors (Lipinski definition) is 6. The molecule has 0 aliphatic heterocycles. The van der Waals surface area contributed by atoms with Gasteiger partial charge in [-0.2, -0.15) is 11.8 Å². The molecule has 0 spiro atoms. The molecule has 1 saturated carbocycles. The molecule has 6 heteroatoms. The van der Waals surface area contributed by atoms with Crippen LogP contribution in [0.4, 0.5) is 11.6 Å². The Morgan fingerprint density at radius 1 is 1.25 bits per heavy atom. The fourth-order valence-electron chi connectivity index (χ4n) is 2.68. The third-order valence-corrected chi connectivity index (χ3v) is 5.13. The number of nitrogens with one attached hydrogen (secondary N) is 2. The van der Waals surface area contributed by atoms with Crippen LogP contribution in [0.3, 0.4) is 0 Å². The highest BCUT2D eigenvalue weighted by molar-refractivity contribution is 7.99. The average Bonchev–Trinajstić information content (AvgIpc) is 2.89. The van der Waals surface area contributed by atoms with Crippen LogP contribution in [-0.2, 0) is 6.42 Å². The van der Waals surface area contributed by atoms with Crippen LogP contribution in [0, 0.1) is 6.92 Å². The van der Waals surface area contributed by atoms with Gasteiger partial charge in [-0.3, -0.25) is 0 Å². The van der Waals surface area contributed by atoms with E-state index in [1.165, 1.54) is 25.0 Å². The lowest BCUT2D eigenvalue weighted by Gasteiger charge is -2.22. The lowest BCUT2D eigenvalue weighted by atomic mass is 10.2. The molecular weight excluding hydrogens is 270 g/mol. The van der Waals surface area contributed by atoms with Gasteiger partial charge >= 0.3 is 0 Å². The van der Waals surface area contributed by atoms with Crippen LogP contribution in [-0.4, -0.2) is 27.0 Å². The van der Waals surface area contributed by atoms with Gasteiger partial charge in [0.25, 0.3) is 0 Å². The van der Waals surface area contributed by atoms with E-state index in [2.05, 4.69) is 34.6 Å². The summed E-state index contributed by atoms with van der Waals surface area (Å²) < 4.78 is 0. The van der Waals surface area contributed by atoms with Gasteiger partial charge in [0.2, 0.25) is 0 Å². The first kappa shape index (κ1) is 15.4. The molecule has 1 heterocycles. The van der Waals surface area contributed by atoms with E-state index in [9.17, 15) is 0 Å². The Morgan fingerprint density at radius 2 is 2.00 bits per heavy atom. The van der Waals surface area contributed by atoms with Gasteiger partial charge in [-0.25, -0.2) is 15.8 Å². The van der Waals surface area contributed by atoms with E-state index < -0.39 is 0 Å². The first-order valence-electron chi connectivity index (χ1n) is 7.41. The third kappa shape index (κ3) is 3.35. The van der Waals surface area contributed by atoms with Crippen LogP contribution >= 0.6 is 11.8 Å². The molecule has 5 nitrogen and oxygen atoms in total. The van der Waals surface area contributed by atoms with E-state index in [0.717, 1.165) is 29.4 Å². The smallest absolute Gasteiger partial charge is 0.148 e. The standard InChI is InChI=1S/C14H25N5S/c1-4-12-17-13(9(3)14(18-12)19-15)16-10-7-6-8-11(10)20-5-2/h10-11H,4-8,15H2,1-3H3,(H2,16,17,18,19). The van der Waals surface area contributed by atoms with Crippen LogP contribution in [0.2, 0.25) is 0 Å². The molecule has 2 unspecified atom stereocenters. The van der Waals surface area contributed by atoms with Gasteiger partial charge in [0.15, 0.2) is 0 Å². The summed E-state index contributed by atoms with van der Waals surface area (Å²) in [5.74, 6) is 9.19. The Labute approximate surface area is 125 Å². The number of rotatable bonds is 6. The molecular formula is C14H25N5S. The number of hydrogen-bond donors (Lipinski definition) is 3. The van der Waals surface area contributed by atoms with Gasteiger partial charge in [0.1, 0.15) is 17.5 Å². The molecule has 2 rings (SSSR count). The minimum absolute atomic E-state index is 0.504. The molecule has 0 bridgehead atoms. The van der Waals surface area contributed by atoms with Gasteiger partial charge in [0, 0.05) is 23.3 Å². The van der Waals surface area contributed by atoms with Crippen LogP contribution in [0.5, 0.6) is 0 Å². The lowest BCUT2D eigenvalue weighted by Crippen LogP contribution is -2.28. The van der Waals surface area contributed by atoms with Crippen molar-refractivity contribution in [3.8, 4) is 0 Å². The van der Waals surface area contributed by atoms with Crippen molar-refractivity contribution in [2.45, 2.75) is 57.7 Å². The first-order valence-corrected chi connectivity index (χ1v) is 8.46. The summed E-state index contributed by atoms with van der Waals surface area (Å²) in [6.45, 7) is 6.29. The zero-order valence-corrected chi connectivity index (χ0v) is 13.4. The number of aromatic nitrogens is 2. The summed E-state index contributed by atoms with van der Waals surface area (Å²) in [6.07, 6.45) is 4.61. The minimum atomic E-state index is 0.504. The predicted molar refractivity (Wildman–Crippen MR) is 87.1 cm³/mol. The maximum absolute atomic E-state index is 5.55. The quantitative estimate of drug-likeness (QED) is 0.553. The monoisotopic (exact) mass is 295 g/mol. The largest absolute Gasteiger partial charge is 0.366 e. The van der Waals surface area contributed by atoms with Gasteiger partial charge in [-0.15, -0.1) is 0 Å². The fraction of sp³-hybridized carbons (Fsp3) is 0.714. The van der Waals surface area contributed by atoms with Crippen molar-refractivity contribution in [2.24, 2.45) is 5.84 Å². The van der Waals surface area contributed by atoms with E-state index in [-0.39, 0.29) is 0 Å². The van der Waals surface area contributed by atoms with Crippen molar-refractivity contribution in [3.63, 3.8) is 0 Å². The number of nitrogen functional groups attached to an aromatic ring is 1. The van der Waals surface area contributed by atoms with E-state index in [4.69, 9.17) is 5.84 Å². The molecule has 0 saturated heterocycles. The summed E-state index contributed by atoms with van der Waals surface area (Å²) in [7, 11) is 0. The summed E-state index contributed by atoms with van der Waals surface area (Å²) in [5.41, 5.74) is 3.67. The zero-order valence-electron chi connectivity index (χ0n) is 12.6. The Morgan fingerprint density at radius 3 is 2.65 bits per heavy atom. The van der Waals surface area contributed by atoms with Crippen molar-refractivity contribution < 1.29 is 0 Å². The molecule has 1 aromatic heterocycles. The third-order valence-electron chi connectivity index (χ3n) is 3.80. The number of aryl methyl sites for hydroxylation is 1. The molecule has 4 N–H and O–H groups in total. The van der Waals surface area contributed by atoms with Gasteiger partial charge in [0.05, 0.1) is 0 Å². The molecule has 0 amide bonds.